The Labute approximate surface area is 204 Å². The van der Waals surface area contributed by atoms with Crippen LogP contribution in [0.2, 0.25) is 0 Å². The zero-order valence-electron chi connectivity index (χ0n) is 19.3. The number of imide groups is 2. The Morgan fingerprint density at radius 2 is 1.78 bits per heavy atom. The third-order valence-corrected chi connectivity index (χ3v) is 5.30. The van der Waals surface area contributed by atoms with Crippen LogP contribution in [0.4, 0.5) is 0 Å². The van der Waals surface area contributed by atoms with Crippen LogP contribution in [0.1, 0.15) is 46.7 Å². The number of hydrogen-bond donors (Lipinski definition) is 3. The molecule has 3 N–H and O–H groups in total. The number of aliphatic hydroxyl groups excluding tert-OH is 1. The van der Waals surface area contributed by atoms with Crippen molar-refractivity contribution in [3.63, 3.8) is 0 Å². The van der Waals surface area contributed by atoms with E-state index in [4.69, 9.17) is 19.4 Å². The number of nitrogens with zero attached hydrogens (tertiary/aromatic N) is 2. The third kappa shape index (κ3) is 5.13. The van der Waals surface area contributed by atoms with Gasteiger partial charge in [-0.05, 0) is 49.3 Å². The number of carbonyl (C=O) groups is 5. The number of fused-ring (bicyclic) bond motifs is 1. The molecule has 0 radical (unpaired) electrons. The van der Waals surface area contributed by atoms with Crippen LogP contribution in [0.5, 0.6) is 0 Å². The lowest BCUT2D eigenvalue weighted by Crippen LogP contribution is -2.43. The summed E-state index contributed by atoms with van der Waals surface area (Å²) in [5, 5.41) is 28.1. The van der Waals surface area contributed by atoms with Crippen molar-refractivity contribution in [1.82, 2.24) is 10.2 Å². The number of nitrogens with one attached hydrogen (secondary N) is 1. The van der Waals surface area contributed by atoms with Gasteiger partial charge in [0.2, 0.25) is 0 Å². The summed E-state index contributed by atoms with van der Waals surface area (Å²) in [6.45, 7) is 2.39. The van der Waals surface area contributed by atoms with Gasteiger partial charge in [-0.15, -0.1) is 0 Å². The van der Waals surface area contributed by atoms with Crippen molar-refractivity contribution in [3.8, 4) is 17.4 Å². The first-order chi connectivity index (χ1) is 17.1. The zero-order valence-corrected chi connectivity index (χ0v) is 19.3. The van der Waals surface area contributed by atoms with E-state index in [0.29, 0.717) is 17.1 Å². The molecule has 0 aliphatic carbocycles. The normalized spacial score (nSPS) is 15.9. The standard InChI is InChI=1S/C23H17N3O6.C2H4O2/c1-12-16(22(30)26(7-2-8-27)23(31)18(12)11-24)10-14-4-6-19(32-14)13-3-5-15-17(9-13)21(29)25-20(15)28;1-2(3)4/h3-6,9-10,27H,2,7-8H2,1H3,(H,25,28,29);1H3,(H,3,4)/b16-10+;. The number of benzene rings is 1. The van der Waals surface area contributed by atoms with E-state index in [1.807, 2.05) is 6.07 Å². The minimum Gasteiger partial charge on any atom is -0.481 e. The lowest BCUT2D eigenvalue weighted by atomic mass is 9.94. The van der Waals surface area contributed by atoms with Gasteiger partial charge in [0, 0.05) is 31.2 Å². The highest BCUT2D eigenvalue weighted by molar-refractivity contribution is 6.22. The van der Waals surface area contributed by atoms with Gasteiger partial charge in [0.25, 0.3) is 29.6 Å². The minimum atomic E-state index is -0.833. The smallest absolute Gasteiger partial charge is 0.300 e. The molecule has 4 rings (SSSR count). The van der Waals surface area contributed by atoms with E-state index in [0.717, 1.165) is 11.8 Å². The molecule has 0 atom stereocenters. The Morgan fingerprint density at radius 1 is 1.11 bits per heavy atom. The maximum atomic E-state index is 12.9. The van der Waals surface area contributed by atoms with Gasteiger partial charge in [-0.3, -0.25) is 34.2 Å². The average Bonchev–Trinajstić information content (AvgIpc) is 3.40. The van der Waals surface area contributed by atoms with Gasteiger partial charge in [-0.1, -0.05) is 6.07 Å². The molecule has 3 heterocycles. The molecule has 0 saturated heterocycles. The number of furan rings is 1. The predicted octanol–water partition coefficient (Wildman–Crippen LogP) is 1.90. The van der Waals surface area contributed by atoms with Gasteiger partial charge in [-0.2, -0.15) is 5.26 Å². The predicted molar refractivity (Wildman–Crippen MR) is 124 cm³/mol. The quantitative estimate of drug-likeness (QED) is 0.416. The summed E-state index contributed by atoms with van der Waals surface area (Å²) >= 11 is 0. The highest BCUT2D eigenvalue weighted by atomic mass is 16.4. The molecule has 36 heavy (non-hydrogen) atoms. The molecule has 2 aliphatic heterocycles. The number of aliphatic carboxylic acids is 1. The number of carbonyl (C=O) groups excluding carboxylic acids is 4. The summed E-state index contributed by atoms with van der Waals surface area (Å²) < 4.78 is 5.81. The average molecular weight is 491 g/mol. The molecule has 1 aromatic carbocycles. The third-order valence-electron chi connectivity index (χ3n) is 5.30. The Kier molecular flexibility index (Phi) is 7.61. The van der Waals surface area contributed by atoms with Gasteiger partial charge < -0.3 is 14.6 Å². The summed E-state index contributed by atoms with van der Waals surface area (Å²) in [6.07, 6.45) is 1.64. The summed E-state index contributed by atoms with van der Waals surface area (Å²) in [5.74, 6) is -2.32. The molecule has 2 aliphatic rings. The van der Waals surface area contributed by atoms with Crippen molar-refractivity contribution < 1.29 is 38.6 Å². The highest BCUT2D eigenvalue weighted by Crippen LogP contribution is 2.30. The van der Waals surface area contributed by atoms with Crippen LogP contribution < -0.4 is 5.32 Å². The van der Waals surface area contributed by atoms with Crippen molar-refractivity contribution in [2.45, 2.75) is 20.3 Å². The fourth-order valence-corrected chi connectivity index (χ4v) is 3.61. The second-order valence-electron chi connectivity index (χ2n) is 7.77. The van der Waals surface area contributed by atoms with Crippen molar-refractivity contribution in [2.75, 3.05) is 13.2 Å². The second kappa shape index (κ2) is 10.6. The largest absolute Gasteiger partial charge is 0.481 e. The fraction of sp³-hybridized carbons (Fsp3) is 0.200. The van der Waals surface area contributed by atoms with Crippen LogP contribution in [0.25, 0.3) is 17.4 Å². The first-order valence-electron chi connectivity index (χ1n) is 10.7. The molecule has 0 fully saturated rings. The number of nitriles is 1. The minimum absolute atomic E-state index is 0.0106. The summed E-state index contributed by atoms with van der Waals surface area (Å²) in [6, 6.07) is 9.83. The molecule has 184 valence electrons. The van der Waals surface area contributed by atoms with E-state index in [-0.39, 0.29) is 47.4 Å². The number of carboxylic acids is 1. The molecule has 11 nitrogen and oxygen atoms in total. The van der Waals surface area contributed by atoms with Crippen molar-refractivity contribution >= 4 is 35.7 Å². The number of amides is 4. The van der Waals surface area contributed by atoms with E-state index in [9.17, 15) is 24.4 Å². The lowest BCUT2D eigenvalue weighted by molar-refractivity contribution is -0.140. The van der Waals surface area contributed by atoms with Gasteiger partial charge in [0.15, 0.2) is 0 Å². The van der Waals surface area contributed by atoms with Crippen LogP contribution in [0.3, 0.4) is 0 Å². The van der Waals surface area contributed by atoms with Crippen LogP contribution in [-0.2, 0) is 14.4 Å². The van der Waals surface area contributed by atoms with E-state index in [1.165, 1.54) is 19.1 Å². The Balaban J connectivity index is 0.000000840. The monoisotopic (exact) mass is 491 g/mol. The molecule has 11 heteroatoms. The van der Waals surface area contributed by atoms with Crippen molar-refractivity contribution in [2.24, 2.45) is 0 Å². The van der Waals surface area contributed by atoms with Gasteiger partial charge >= 0.3 is 0 Å². The Bertz CT molecular complexity index is 1390. The van der Waals surface area contributed by atoms with E-state index in [2.05, 4.69) is 5.32 Å². The molecule has 2 aromatic rings. The number of rotatable bonds is 5. The van der Waals surface area contributed by atoms with Crippen molar-refractivity contribution in [1.29, 1.82) is 5.26 Å². The molecule has 0 saturated carbocycles. The van der Waals surface area contributed by atoms with E-state index in [1.54, 1.807) is 24.3 Å². The van der Waals surface area contributed by atoms with E-state index >= 15 is 0 Å². The summed E-state index contributed by atoms with van der Waals surface area (Å²) in [7, 11) is 0. The van der Waals surface area contributed by atoms with Crippen LogP contribution in [0, 0.1) is 11.3 Å². The molecule has 4 amide bonds. The summed E-state index contributed by atoms with van der Waals surface area (Å²) in [4.78, 5) is 58.9. The topological polar surface area (TPSA) is 178 Å². The van der Waals surface area contributed by atoms with Crippen molar-refractivity contribution in [3.05, 3.63) is 63.9 Å². The van der Waals surface area contributed by atoms with Gasteiger partial charge in [0.05, 0.1) is 11.1 Å². The lowest BCUT2D eigenvalue weighted by Gasteiger charge is -2.27. The maximum Gasteiger partial charge on any atom is 0.300 e. The molecular formula is C25H21N3O8. The first kappa shape index (κ1) is 25.8. The Morgan fingerprint density at radius 3 is 2.42 bits per heavy atom. The maximum absolute atomic E-state index is 12.9. The second-order valence-corrected chi connectivity index (χ2v) is 7.77. The van der Waals surface area contributed by atoms with E-state index < -0.39 is 29.6 Å². The number of hydrogen-bond acceptors (Lipinski definition) is 8. The number of carboxylic acid groups (broad SMARTS) is 1. The van der Waals surface area contributed by atoms with Gasteiger partial charge in [0.1, 0.15) is 23.2 Å². The molecule has 0 spiro atoms. The van der Waals surface area contributed by atoms with Gasteiger partial charge in [-0.25, -0.2) is 0 Å². The number of aliphatic hydroxyl groups is 1. The van der Waals surface area contributed by atoms with Crippen LogP contribution >= 0.6 is 0 Å². The fourth-order valence-electron chi connectivity index (χ4n) is 3.61. The van der Waals surface area contributed by atoms with Crippen LogP contribution in [0.15, 0.2) is 51.5 Å². The highest BCUT2D eigenvalue weighted by Gasteiger charge is 2.35. The first-order valence-corrected chi connectivity index (χ1v) is 10.7. The molecular weight excluding hydrogens is 470 g/mol. The van der Waals surface area contributed by atoms with Crippen LogP contribution in [-0.4, -0.2) is 57.9 Å². The summed E-state index contributed by atoms with van der Waals surface area (Å²) in [5.41, 5.74) is 1.35. The SMILES string of the molecule is CC(=O)O.CC1=C(C#N)C(=O)N(CCCO)C(=O)/C1=C/c1ccc(-c2ccc3c(c2)C(=O)NC3=O)o1. The Hall–Kier alpha value is -4.82. The zero-order chi connectivity index (χ0) is 26.6. The molecule has 0 unspecified atom stereocenters. The molecule has 0 bridgehead atoms. The molecule has 1 aromatic heterocycles.